The molecule has 2 aliphatic heterocycles. The highest BCUT2D eigenvalue weighted by Gasteiger charge is 2.24. The first kappa shape index (κ1) is 21.4. The fourth-order valence-electron chi connectivity index (χ4n) is 2.62. The molecule has 152 valence electrons. The van der Waals surface area contributed by atoms with Gasteiger partial charge in [0, 0.05) is 42.6 Å². The Bertz CT molecular complexity index is 785. The number of carbonyl (C=O) groups excluding carboxylic acids is 2. The van der Waals surface area contributed by atoms with Gasteiger partial charge in [0.05, 0.1) is 0 Å². The number of hydrogen-bond donors (Lipinski definition) is 0. The van der Waals surface area contributed by atoms with Gasteiger partial charge in [0.25, 0.3) is 0 Å². The summed E-state index contributed by atoms with van der Waals surface area (Å²) < 4.78 is 10.4. The van der Waals surface area contributed by atoms with Crippen molar-refractivity contribution < 1.29 is 19.1 Å². The van der Waals surface area contributed by atoms with Gasteiger partial charge in [0.2, 0.25) is 0 Å². The summed E-state index contributed by atoms with van der Waals surface area (Å²) in [4.78, 5) is 27.0. The summed E-state index contributed by atoms with van der Waals surface area (Å²) in [5.41, 5.74) is 0. The Kier molecular flexibility index (Phi) is 7.69. The van der Waals surface area contributed by atoms with Crippen molar-refractivity contribution in [1.29, 1.82) is 0 Å². The summed E-state index contributed by atoms with van der Waals surface area (Å²) in [5, 5.41) is -0.319. The fourth-order valence-corrected chi connectivity index (χ4v) is 6.94. The molecule has 2 unspecified atom stereocenters. The Morgan fingerprint density at radius 3 is 1.41 bits per heavy atom. The predicted molar refractivity (Wildman–Crippen MR) is 124 cm³/mol. The van der Waals surface area contributed by atoms with Crippen LogP contribution >= 0.6 is 58.8 Å². The Hall–Kier alpha value is -0.870. The Morgan fingerprint density at radius 1 is 0.690 bits per heavy atom. The normalized spacial score (nSPS) is 21.2. The highest BCUT2D eigenvalue weighted by atomic mass is 32.2. The monoisotopic (exact) mass is 482 g/mol. The number of hydrogen-bond acceptors (Lipinski definition) is 9. The zero-order chi connectivity index (χ0) is 20.1. The minimum atomic E-state index is -0.159. The lowest BCUT2D eigenvalue weighted by Gasteiger charge is -2.09. The van der Waals surface area contributed by atoms with Crippen LogP contribution in [0.1, 0.15) is 0 Å². The second-order valence-corrected chi connectivity index (χ2v) is 11.5. The second-order valence-electron chi connectivity index (χ2n) is 6.27. The van der Waals surface area contributed by atoms with Gasteiger partial charge in [0.15, 0.2) is 0 Å². The van der Waals surface area contributed by atoms with E-state index in [1.807, 2.05) is 0 Å². The van der Waals surface area contributed by atoms with E-state index < -0.39 is 0 Å². The van der Waals surface area contributed by atoms with Crippen molar-refractivity contribution in [3.8, 4) is 0 Å². The van der Waals surface area contributed by atoms with Gasteiger partial charge in [-0.3, -0.25) is 0 Å². The van der Waals surface area contributed by atoms with Gasteiger partial charge in [-0.25, -0.2) is 9.59 Å². The lowest BCUT2D eigenvalue weighted by atomic mass is 10.4. The van der Waals surface area contributed by atoms with Crippen molar-refractivity contribution in [3.63, 3.8) is 0 Å². The Labute approximate surface area is 191 Å². The molecular formula is C20H18O4S5. The Balaban J connectivity index is 1.23. The molecule has 2 saturated heterocycles. The molecule has 2 heterocycles. The van der Waals surface area contributed by atoms with Gasteiger partial charge >= 0.3 is 10.6 Å². The zero-order valence-corrected chi connectivity index (χ0v) is 19.4. The van der Waals surface area contributed by atoms with E-state index in [4.69, 9.17) is 9.47 Å². The fraction of sp³-hybridized carbons (Fsp3) is 0.300. The maximum Gasteiger partial charge on any atom is 0.367 e. The highest BCUT2D eigenvalue weighted by Crippen LogP contribution is 2.33. The number of benzene rings is 2. The molecule has 0 N–H and O–H groups in total. The first-order valence-electron chi connectivity index (χ1n) is 8.94. The quantitative estimate of drug-likeness (QED) is 0.309. The van der Waals surface area contributed by atoms with Crippen molar-refractivity contribution >= 4 is 69.4 Å². The molecule has 0 radical (unpaired) electrons. The van der Waals surface area contributed by atoms with Crippen LogP contribution in [0.15, 0.2) is 68.1 Å². The van der Waals surface area contributed by atoms with Crippen LogP contribution in [0.4, 0.5) is 9.59 Å². The van der Waals surface area contributed by atoms with Crippen molar-refractivity contribution in [1.82, 2.24) is 0 Å². The Morgan fingerprint density at radius 2 is 1.07 bits per heavy atom. The van der Waals surface area contributed by atoms with Gasteiger partial charge in [-0.1, -0.05) is 11.8 Å². The molecule has 2 aromatic rings. The average molecular weight is 483 g/mol. The zero-order valence-electron chi connectivity index (χ0n) is 15.3. The highest BCUT2D eigenvalue weighted by molar-refractivity contribution is 8.14. The topological polar surface area (TPSA) is 52.6 Å². The van der Waals surface area contributed by atoms with Crippen molar-refractivity contribution in [2.45, 2.75) is 31.8 Å². The first-order valence-corrected chi connectivity index (χ1v) is 13.7. The summed E-state index contributed by atoms with van der Waals surface area (Å²) in [7, 11) is 0. The molecule has 0 saturated carbocycles. The van der Waals surface area contributed by atoms with Crippen molar-refractivity contribution in [2.75, 3.05) is 23.0 Å². The first-order chi connectivity index (χ1) is 14.1. The standard InChI is InChI=1S/C20H18O4S5/c21-19-23-13(11-27-19)9-25-15-1-5-17(6-2-15)29-18-7-3-16(4-8-18)26-10-14-12-28-20(22)24-14/h1-8,13-14H,9-12H2. The number of rotatable bonds is 8. The number of carbonyl (C=O) groups is 2. The van der Waals surface area contributed by atoms with Gasteiger partial charge in [-0.2, -0.15) is 0 Å². The number of ether oxygens (including phenoxy) is 2. The molecule has 2 fully saturated rings. The van der Waals surface area contributed by atoms with E-state index in [0.717, 1.165) is 23.0 Å². The van der Waals surface area contributed by atoms with Crippen LogP contribution < -0.4 is 0 Å². The lowest BCUT2D eigenvalue weighted by molar-refractivity contribution is 0.154. The van der Waals surface area contributed by atoms with Crippen LogP contribution in [0.2, 0.25) is 0 Å². The van der Waals surface area contributed by atoms with Gasteiger partial charge < -0.3 is 9.47 Å². The number of cyclic esters (lactones) is 2. The minimum Gasteiger partial charge on any atom is -0.452 e. The van der Waals surface area contributed by atoms with E-state index in [2.05, 4.69) is 48.5 Å². The van der Waals surface area contributed by atoms with Crippen LogP contribution in [0.25, 0.3) is 0 Å². The maximum absolute atomic E-state index is 11.1. The van der Waals surface area contributed by atoms with Crippen LogP contribution in [-0.4, -0.2) is 45.8 Å². The van der Waals surface area contributed by atoms with E-state index in [1.54, 1.807) is 35.3 Å². The average Bonchev–Trinajstić information content (AvgIpc) is 3.35. The van der Waals surface area contributed by atoms with Crippen LogP contribution in [0.5, 0.6) is 0 Å². The van der Waals surface area contributed by atoms with Crippen LogP contribution in [-0.2, 0) is 9.47 Å². The molecule has 0 aliphatic carbocycles. The van der Waals surface area contributed by atoms with Crippen molar-refractivity contribution in [3.05, 3.63) is 48.5 Å². The second kappa shape index (κ2) is 10.4. The summed E-state index contributed by atoms with van der Waals surface area (Å²) in [6.45, 7) is 0. The third-order valence-corrected chi connectivity index (χ3v) is 9.10. The summed E-state index contributed by atoms with van der Waals surface area (Å²) in [6, 6.07) is 16.9. The summed E-state index contributed by atoms with van der Waals surface area (Å²) >= 11 is 7.67. The van der Waals surface area contributed by atoms with E-state index in [-0.39, 0.29) is 22.8 Å². The molecule has 2 aromatic carbocycles. The smallest absolute Gasteiger partial charge is 0.367 e. The third kappa shape index (κ3) is 6.55. The molecule has 2 aliphatic rings. The van der Waals surface area contributed by atoms with Gasteiger partial charge in [-0.05, 0) is 72.1 Å². The molecule has 2 atom stereocenters. The molecular weight excluding hydrogens is 465 g/mol. The molecule has 0 bridgehead atoms. The maximum atomic E-state index is 11.1. The lowest BCUT2D eigenvalue weighted by Crippen LogP contribution is -2.12. The minimum absolute atomic E-state index is 0.0161. The predicted octanol–water partition coefficient (Wildman–Crippen LogP) is 6.53. The molecule has 4 nitrogen and oxygen atoms in total. The van der Waals surface area contributed by atoms with Gasteiger partial charge in [-0.15, -0.1) is 23.5 Å². The van der Waals surface area contributed by atoms with Gasteiger partial charge in [0.1, 0.15) is 12.2 Å². The largest absolute Gasteiger partial charge is 0.452 e. The summed E-state index contributed by atoms with van der Waals surface area (Å²) in [6.07, 6.45) is 0.0322. The molecule has 29 heavy (non-hydrogen) atoms. The molecule has 0 aromatic heterocycles. The van der Waals surface area contributed by atoms with E-state index >= 15 is 0 Å². The van der Waals surface area contributed by atoms with E-state index in [0.29, 0.717) is 0 Å². The SMILES string of the molecule is O=C1OC(CSc2ccc(Sc3ccc(SCC4CSC(=O)O4)cc3)cc2)CS1. The van der Waals surface area contributed by atoms with Crippen LogP contribution in [0.3, 0.4) is 0 Å². The molecule has 0 amide bonds. The van der Waals surface area contributed by atoms with E-state index in [9.17, 15) is 9.59 Å². The summed E-state index contributed by atoms with van der Waals surface area (Å²) in [5.74, 6) is 3.09. The third-order valence-electron chi connectivity index (χ3n) is 4.05. The number of thioether (sulfide) groups is 4. The molecule has 9 heteroatoms. The van der Waals surface area contributed by atoms with Crippen LogP contribution in [0, 0.1) is 0 Å². The molecule has 4 rings (SSSR count). The van der Waals surface area contributed by atoms with Crippen molar-refractivity contribution in [2.24, 2.45) is 0 Å². The molecule has 0 spiro atoms. The van der Waals surface area contributed by atoms with E-state index in [1.165, 1.54) is 43.1 Å².